The molecule has 178 valence electrons. The molecule has 1 aromatic heterocycles. The molecule has 1 aliphatic heterocycles. The van der Waals surface area contributed by atoms with Crippen LogP contribution in [-0.4, -0.2) is 48.3 Å². The van der Waals surface area contributed by atoms with Gasteiger partial charge in [0.2, 0.25) is 5.43 Å². The zero-order valence-corrected chi connectivity index (χ0v) is 19.9. The Morgan fingerprint density at radius 2 is 1.59 bits per heavy atom. The number of hydrogen-bond acceptors (Lipinski definition) is 4. The molecule has 2 heterocycles. The lowest BCUT2D eigenvalue weighted by molar-refractivity contribution is 0.0475. The Morgan fingerprint density at radius 1 is 0.941 bits per heavy atom. The summed E-state index contributed by atoms with van der Waals surface area (Å²) in [6.07, 6.45) is 3.49. The van der Waals surface area contributed by atoms with Gasteiger partial charge in [-0.05, 0) is 17.5 Å². The van der Waals surface area contributed by atoms with Crippen LogP contribution < -0.4 is 10.2 Å². The van der Waals surface area contributed by atoms with Crippen LogP contribution in [0.5, 0.6) is 5.75 Å². The molecule has 3 aromatic rings. The third kappa shape index (κ3) is 4.92. The normalized spacial score (nSPS) is 15.4. The van der Waals surface area contributed by atoms with E-state index in [4.69, 9.17) is 9.47 Å². The van der Waals surface area contributed by atoms with Crippen molar-refractivity contribution in [2.45, 2.75) is 38.3 Å². The molecule has 0 saturated heterocycles. The fourth-order valence-corrected chi connectivity index (χ4v) is 4.67. The van der Waals surface area contributed by atoms with Crippen molar-refractivity contribution in [1.82, 2.24) is 9.47 Å². The van der Waals surface area contributed by atoms with E-state index in [1.165, 1.54) is 6.07 Å². The number of aromatic nitrogens is 1. The van der Waals surface area contributed by atoms with E-state index in [2.05, 4.69) is 31.2 Å². The Kier molecular flexibility index (Phi) is 7.80. The average molecular weight is 461 g/mol. The summed E-state index contributed by atoms with van der Waals surface area (Å²) >= 11 is 0. The van der Waals surface area contributed by atoms with Crippen molar-refractivity contribution in [3.63, 3.8) is 0 Å². The number of hydrogen-bond donors (Lipinski definition) is 0. The molecule has 0 unspecified atom stereocenters. The number of nitrogens with zero attached hydrogens (tertiary/aromatic N) is 2. The van der Waals surface area contributed by atoms with Gasteiger partial charge in [-0.2, -0.15) is 0 Å². The number of ether oxygens (including phenoxy) is 2. The molecule has 1 atom stereocenters. The van der Waals surface area contributed by atoms with Crippen LogP contribution >= 0.6 is 0 Å². The highest BCUT2D eigenvalue weighted by atomic mass is 16.5. The summed E-state index contributed by atoms with van der Waals surface area (Å²) in [5.41, 5.74) is 2.34. The summed E-state index contributed by atoms with van der Waals surface area (Å²) in [5.74, 6) is -0.0904. The van der Waals surface area contributed by atoms with Gasteiger partial charge >= 0.3 is 0 Å². The van der Waals surface area contributed by atoms with Gasteiger partial charge in [0.25, 0.3) is 5.91 Å². The summed E-state index contributed by atoms with van der Waals surface area (Å²) < 4.78 is 13.1. The molecule has 6 nitrogen and oxygen atoms in total. The Hall–Kier alpha value is -3.38. The number of pyridine rings is 1. The highest BCUT2D eigenvalue weighted by Crippen LogP contribution is 2.36. The number of benzene rings is 2. The van der Waals surface area contributed by atoms with Gasteiger partial charge in [0.15, 0.2) is 11.4 Å². The van der Waals surface area contributed by atoms with Crippen LogP contribution in [0.25, 0.3) is 0 Å². The minimum absolute atomic E-state index is 0.0414. The van der Waals surface area contributed by atoms with Gasteiger partial charge in [-0.1, -0.05) is 74.0 Å². The van der Waals surface area contributed by atoms with Gasteiger partial charge in [-0.15, -0.1) is 0 Å². The van der Waals surface area contributed by atoms with Crippen LogP contribution in [0.4, 0.5) is 0 Å². The maximum Gasteiger partial charge on any atom is 0.274 e. The zero-order valence-electron chi connectivity index (χ0n) is 19.9. The molecular weight excluding hydrogens is 428 g/mol. The van der Waals surface area contributed by atoms with E-state index >= 15 is 0 Å². The molecule has 0 fully saturated rings. The predicted molar refractivity (Wildman–Crippen MR) is 133 cm³/mol. The van der Waals surface area contributed by atoms with E-state index in [9.17, 15) is 9.59 Å². The first-order valence-corrected chi connectivity index (χ1v) is 11.9. The Balaban J connectivity index is 1.82. The van der Waals surface area contributed by atoms with Crippen molar-refractivity contribution in [3.05, 3.63) is 100.0 Å². The molecule has 0 aliphatic carbocycles. The number of fused-ring (bicyclic) bond motifs is 1. The highest BCUT2D eigenvalue weighted by molar-refractivity contribution is 5.96. The van der Waals surface area contributed by atoms with Crippen molar-refractivity contribution in [3.8, 4) is 5.75 Å². The maximum atomic E-state index is 13.9. The second kappa shape index (κ2) is 11.2. The standard InChI is InChI=1S/C28H32N2O4/c1-3-4-18-34-27-24(31)15-16-29-20-23(30(17-19-33-2)28(32)26(27)29)25(21-11-7-5-8-12-21)22-13-9-6-10-14-22/h5-16,23,25H,3-4,17-20H2,1-2H3/t23-/m0/s1. The number of rotatable bonds is 10. The predicted octanol–water partition coefficient (Wildman–Crippen LogP) is 4.33. The van der Waals surface area contributed by atoms with Crippen LogP contribution in [0.15, 0.2) is 77.7 Å². The molecule has 1 aliphatic rings. The quantitative estimate of drug-likeness (QED) is 0.423. The first-order valence-electron chi connectivity index (χ1n) is 11.9. The topological polar surface area (TPSA) is 60.8 Å². The largest absolute Gasteiger partial charge is 0.487 e. The molecule has 34 heavy (non-hydrogen) atoms. The van der Waals surface area contributed by atoms with E-state index in [1.807, 2.05) is 45.9 Å². The van der Waals surface area contributed by atoms with Crippen molar-refractivity contribution < 1.29 is 14.3 Å². The van der Waals surface area contributed by atoms with E-state index in [-0.39, 0.29) is 29.0 Å². The fraction of sp³-hybridized carbons (Fsp3) is 0.357. The van der Waals surface area contributed by atoms with E-state index in [0.29, 0.717) is 32.0 Å². The van der Waals surface area contributed by atoms with Crippen molar-refractivity contribution in [2.24, 2.45) is 0 Å². The maximum absolute atomic E-state index is 13.9. The summed E-state index contributed by atoms with van der Waals surface area (Å²) in [6, 6.07) is 21.9. The third-order valence-electron chi connectivity index (χ3n) is 6.36. The molecule has 0 radical (unpaired) electrons. The zero-order chi connectivity index (χ0) is 23.9. The van der Waals surface area contributed by atoms with Crippen LogP contribution in [0, 0.1) is 0 Å². The minimum Gasteiger partial charge on any atom is -0.487 e. The van der Waals surface area contributed by atoms with Gasteiger partial charge in [-0.3, -0.25) is 9.59 Å². The fourth-order valence-electron chi connectivity index (χ4n) is 4.67. The van der Waals surface area contributed by atoms with Crippen LogP contribution in [-0.2, 0) is 11.3 Å². The van der Waals surface area contributed by atoms with E-state index in [1.54, 1.807) is 13.3 Å². The number of amides is 1. The van der Waals surface area contributed by atoms with E-state index < -0.39 is 0 Å². The summed E-state index contributed by atoms with van der Waals surface area (Å²) in [4.78, 5) is 28.5. The number of carbonyl (C=O) groups excluding carboxylic acids is 1. The summed E-state index contributed by atoms with van der Waals surface area (Å²) in [5, 5.41) is 0. The number of methoxy groups -OCH3 is 1. The first-order chi connectivity index (χ1) is 16.7. The molecule has 0 saturated carbocycles. The van der Waals surface area contributed by atoms with Gasteiger partial charge < -0.3 is 18.9 Å². The first kappa shape index (κ1) is 23.8. The summed E-state index contributed by atoms with van der Waals surface area (Å²) in [6.45, 7) is 3.85. The third-order valence-corrected chi connectivity index (χ3v) is 6.36. The molecule has 6 heteroatoms. The molecule has 0 spiro atoms. The second-order valence-electron chi connectivity index (χ2n) is 8.57. The molecule has 0 bridgehead atoms. The van der Waals surface area contributed by atoms with Gasteiger partial charge in [0.05, 0.1) is 19.3 Å². The molecule has 0 N–H and O–H groups in total. The minimum atomic E-state index is -0.261. The Morgan fingerprint density at radius 3 is 2.18 bits per heavy atom. The lowest BCUT2D eigenvalue weighted by Gasteiger charge is -2.42. The summed E-state index contributed by atoms with van der Waals surface area (Å²) in [7, 11) is 1.63. The molecular formula is C28H32N2O4. The lowest BCUT2D eigenvalue weighted by atomic mass is 9.83. The molecule has 1 amide bonds. The molecule has 2 aromatic carbocycles. The Labute approximate surface area is 200 Å². The smallest absolute Gasteiger partial charge is 0.274 e. The monoisotopic (exact) mass is 460 g/mol. The van der Waals surface area contributed by atoms with Crippen molar-refractivity contribution in [2.75, 3.05) is 26.9 Å². The van der Waals surface area contributed by atoms with Crippen LogP contribution in [0.3, 0.4) is 0 Å². The van der Waals surface area contributed by atoms with Crippen LogP contribution in [0.2, 0.25) is 0 Å². The highest BCUT2D eigenvalue weighted by Gasteiger charge is 2.40. The van der Waals surface area contributed by atoms with Crippen molar-refractivity contribution in [1.29, 1.82) is 0 Å². The number of carbonyl (C=O) groups is 1. The van der Waals surface area contributed by atoms with Gasteiger partial charge in [-0.25, -0.2) is 0 Å². The van der Waals surface area contributed by atoms with Crippen molar-refractivity contribution >= 4 is 5.91 Å². The Bertz CT molecular complexity index is 1100. The second-order valence-corrected chi connectivity index (χ2v) is 8.57. The van der Waals surface area contributed by atoms with Crippen LogP contribution in [0.1, 0.15) is 47.3 Å². The molecule has 4 rings (SSSR count). The lowest BCUT2D eigenvalue weighted by Crippen LogP contribution is -2.53. The van der Waals surface area contributed by atoms with Gasteiger partial charge in [0, 0.05) is 38.4 Å². The van der Waals surface area contributed by atoms with E-state index in [0.717, 1.165) is 24.0 Å². The van der Waals surface area contributed by atoms with Gasteiger partial charge in [0.1, 0.15) is 0 Å². The average Bonchev–Trinajstić information content (AvgIpc) is 2.87. The SMILES string of the molecule is CCCCOc1c2n(ccc1=O)C[C@@H](C(c1ccccc1)c1ccccc1)N(CCOC)C2=O. The number of unbranched alkanes of at least 4 members (excludes halogenated alkanes) is 1.